The van der Waals surface area contributed by atoms with E-state index in [1.54, 1.807) is 65.3 Å². The Labute approximate surface area is 381 Å². The summed E-state index contributed by atoms with van der Waals surface area (Å²) < 4.78 is 0. The number of carbonyl (C=O) groups is 6. The summed E-state index contributed by atoms with van der Waals surface area (Å²) in [5, 5.41) is 21.0. The van der Waals surface area contributed by atoms with E-state index >= 15 is 0 Å². The molecule has 2 aliphatic heterocycles. The van der Waals surface area contributed by atoms with Gasteiger partial charge in [0.25, 0.3) is 40.9 Å². The second-order valence-electron chi connectivity index (χ2n) is 14.5. The summed E-state index contributed by atoms with van der Waals surface area (Å²) in [6.07, 6.45) is 5.42. The van der Waals surface area contributed by atoms with Crippen LogP contribution in [0.3, 0.4) is 0 Å². The number of amides is 4. The molecule has 2 aliphatic rings. The van der Waals surface area contributed by atoms with E-state index < -0.39 is 34.3 Å². The number of benzene rings is 2. The Hall–Kier alpha value is -7.14. The molecule has 4 aromatic heterocycles. The number of hydrogen-bond donors (Lipinski definition) is 4. The number of hydrogen-bond acceptors (Lipinski definition) is 12. The van der Waals surface area contributed by atoms with Gasteiger partial charge in [-0.15, -0.1) is 0 Å². The number of H-pyrrole nitrogens is 2. The van der Waals surface area contributed by atoms with Gasteiger partial charge in [-0.3, -0.25) is 49.6 Å². The van der Waals surface area contributed by atoms with Crippen molar-refractivity contribution < 1.29 is 59.3 Å². The van der Waals surface area contributed by atoms with Crippen LogP contribution in [0.25, 0.3) is 22.1 Å². The van der Waals surface area contributed by atoms with Crippen molar-refractivity contribution in [3.63, 3.8) is 0 Å². The molecule has 6 aromatic rings. The molecule has 338 valence electrons. The first kappa shape index (κ1) is 49.5. The Morgan fingerprint density at radius 1 is 0.688 bits per heavy atom. The standard InChI is InChI=1S/C21H19N5O5.C21H21N5O4.CH4.CH3.Pd/c1-13-12-24(20(28)14-5-3-2-4-6-14)9-10-25(13)21(29)18(27)15-11-23-19-17(15)16(26(30)31)7-8-22-19;1-13-12-25(20(28)14-5-3-2-4-6-14)9-10-26(13)21(29)18(27)15-11-23-19-17(15)16(24-30)7-8-22-19;;;/h2-8,11,13H,9-10,12H2,1H3,(H,22,23);2-8,11,13,30H,9-10,12H2,1H3,(H2,22,23,24);1H4;1H3;/q;;;-1;/t2*13-;;;/m11.../s1. The topological polar surface area (TPSA) is 248 Å². The van der Waals surface area contributed by atoms with E-state index in [1.165, 1.54) is 46.7 Å². The third kappa shape index (κ3) is 9.89. The maximum Gasteiger partial charge on any atom is 0.295 e. The van der Waals surface area contributed by atoms with E-state index in [-0.39, 0.29) is 113 Å². The number of nitrogens with zero attached hydrogens (tertiary/aromatic N) is 7. The maximum atomic E-state index is 13.0. The zero-order valence-corrected chi connectivity index (χ0v) is 35.8. The van der Waals surface area contributed by atoms with Crippen molar-refractivity contribution in [2.45, 2.75) is 33.4 Å². The van der Waals surface area contributed by atoms with Crippen LogP contribution in [0.2, 0.25) is 0 Å². The summed E-state index contributed by atoms with van der Waals surface area (Å²) in [6, 6.07) is 19.8. The number of carbonyl (C=O) groups excluding carboxylic acids is 6. The molecule has 8 rings (SSSR count). The first-order chi connectivity index (χ1) is 29.4. The van der Waals surface area contributed by atoms with E-state index in [9.17, 15) is 44.1 Å². The average Bonchev–Trinajstić information content (AvgIpc) is 3.93. The van der Waals surface area contributed by atoms with Gasteiger partial charge in [0.05, 0.1) is 27.1 Å². The van der Waals surface area contributed by atoms with Gasteiger partial charge in [0, 0.05) is 114 Å². The van der Waals surface area contributed by atoms with E-state index in [0.29, 0.717) is 35.2 Å². The second-order valence-corrected chi connectivity index (χ2v) is 14.5. The number of nitrogens with one attached hydrogen (secondary N) is 3. The predicted octanol–water partition coefficient (Wildman–Crippen LogP) is 5.03. The van der Waals surface area contributed by atoms with E-state index in [1.807, 2.05) is 24.5 Å². The molecule has 0 aliphatic carbocycles. The molecule has 4 amide bonds. The first-order valence-electron chi connectivity index (χ1n) is 19.3. The largest absolute Gasteiger partial charge is 0.358 e. The van der Waals surface area contributed by atoms with Crippen LogP contribution in [0.1, 0.15) is 62.7 Å². The first-order valence-corrected chi connectivity index (χ1v) is 19.3. The zero-order valence-electron chi connectivity index (χ0n) is 34.3. The number of anilines is 1. The third-order valence-electron chi connectivity index (χ3n) is 10.7. The number of aromatic amines is 2. The molecule has 0 unspecified atom stereocenters. The van der Waals surface area contributed by atoms with Gasteiger partial charge in [0.1, 0.15) is 16.7 Å². The summed E-state index contributed by atoms with van der Waals surface area (Å²) in [4.78, 5) is 108. The minimum atomic E-state index is -0.850. The fourth-order valence-corrected chi connectivity index (χ4v) is 7.60. The smallest absolute Gasteiger partial charge is 0.295 e. The van der Waals surface area contributed by atoms with Crippen molar-refractivity contribution in [3.8, 4) is 0 Å². The summed E-state index contributed by atoms with van der Waals surface area (Å²) in [5.41, 5.74) is 3.76. The molecule has 2 aromatic carbocycles. The van der Waals surface area contributed by atoms with Crippen LogP contribution in [0, 0.1) is 17.5 Å². The Kier molecular flexibility index (Phi) is 16.5. The Morgan fingerprint density at radius 2 is 1.11 bits per heavy atom. The van der Waals surface area contributed by atoms with Crippen molar-refractivity contribution in [2.75, 3.05) is 44.7 Å². The zero-order chi connectivity index (χ0) is 43.4. The number of pyridine rings is 2. The van der Waals surface area contributed by atoms with E-state index in [0.717, 1.165) is 0 Å². The molecule has 2 fully saturated rings. The van der Waals surface area contributed by atoms with Crippen LogP contribution < -0.4 is 5.48 Å². The van der Waals surface area contributed by atoms with Gasteiger partial charge in [0.2, 0.25) is 0 Å². The number of nitro groups is 1. The van der Waals surface area contributed by atoms with Crippen LogP contribution in [0.15, 0.2) is 97.6 Å². The molecule has 2 saturated heterocycles. The molecule has 0 bridgehead atoms. The van der Waals surface area contributed by atoms with Crippen molar-refractivity contribution in [2.24, 2.45) is 0 Å². The van der Waals surface area contributed by atoms with Gasteiger partial charge < -0.3 is 37.0 Å². The number of Topliss-reactive ketones (excluding diaryl/α,β-unsaturated/α-hetero) is 2. The third-order valence-corrected chi connectivity index (χ3v) is 10.7. The SMILES string of the molecule is C.C[C@@H]1CN(C(=O)c2ccccc2)CCN1C(=O)C(=O)c1c[nH]c2nccc(NO)c12.C[C@@H]1CN(C(=O)c2ccccc2)CCN1C(=O)C(=O)c1c[nH]c2nccc([N+](=O)[O-])c12.[CH3-].[Pd]. The molecule has 20 heteroatoms. The average molecular weight is 966 g/mol. The molecular weight excluding hydrogens is 919 g/mol. The van der Waals surface area contributed by atoms with Crippen molar-refractivity contribution in [3.05, 3.63) is 137 Å². The molecule has 6 heterocycles. The van der Waals surface area contributed by atoms with Crippen molar-refractivity contribution in [1.82, 2.24) is 39.5 Å². The Bertz CT molecular complexity index is 2670. The van der Waals surface area contributed by atoms with Crippen LogP contribution in [0.4, 0.5) is 11.4 Å². The second kappa shape index (κ2) is 21.3. The van der Waals surface area contributed by atoms with E-state index in [2.05, 4.69) is 19.9 Å². The van der Waals surface area contributed by atoms with Crippen LogP contribution >= 0.6 is 0 Å². The summed E-state index contributed by atoms with van der Waals surface area (Å²) in [5.74, 6) is -3.19. The Balaban J connectivity index is 0.000000268. The summed E-state index contributed by atoms with van der Waals surface area (Å²) in [7, 11) is 0. The minimum Gasteiger partial charge on any atom is -0.358 e. The predicted molar refractivity (Wildman–Crippen MR) is 233 cm³/mol. The van der Waals surface area contributed by atoms with Gasteiger partial charge in [-0.1, -0.05) is 43.8 Å². The van der Waals surface area contributed by atoms with Crippen LogP contribution in [-0.4, -0.2) is 136 Å². The number of ketones is 2. The molecule has 64 heavy (non-hydrogen) atoms. The van der Waals surface area contributed by atoms with Gasteiger partial charge in [0.15, 0.2) is 0 Å². The fraction of sp³-hybridized carbons (Fsp3) is 0.250. The van der Waals surface area contributed by atoms with Crippen molar-refractivity contribution in [1.29, 1.82) is 0 Å². The van der Waals surface area contributed by atoms with Gasteiger partial charge in [-0.25, -0.2) is 9.97 Å². The van der Waals surface area contributed by atoms with Crippen molar-refractivity contribution >= 4 is 68.6 Å². The molecule has 0 saturated carbocycles. The fourth-order valence-electron chi connectivity index (χ4n) is 7.60. The monoisotopic (exact) mass is 965 g/mol. The number of piperazine rings is 2. The molecule has 0 spiro atoms. The normalized spacial score (nSPS) is 15.7. The van der Waals surface area contributed by atoms with Gasteiger partial charge in [-0.05, 0) is 44.2 Å². The molecule has 2 atom stereocenters. The number of fused-ring (bicyclic) bond motifs is 2. The summed E-state index contributed by atoms with van der Waals surface area (Å²) in [6.45, 7) is 5.27. The molecule has 4 N–H and O–H groups in total. The number of aromatic nitrogens is 4. The van der Waals surface area contributed by atoms with Gasteiger partial charge in [-0.2, -0.15) is 0 Å². The van der Waals surface area contributed by atoms with Crippen LogP contribution in [0.5, 0.6) is 0 Å². The summed E-state index contributed by atoms with van der Waals surface area (Å²) >= 11 is 0. The molecule has 0 radical (unpaired) electrons. The minimum absolute atomic E-state index is 0. The Morgan fingerprint density at radius 3 is 1.53 bits per heavy atom. The maximum absolute atomic E-state index is 13.0. The molecule has 19 nitrogen and oxygen atoms in total. The quantitative estimate of drug-likeness (QED) is 0.0392. The number of rotatable bonds is 8. The molecular formula is C44H47N10O9Pd-. The van der Waals surface area contributed by atoms with E-state index in [4.69, 9.17) is 0 Å². The van der Waals surface area contributed by atoms with Gasteiger partial charge >= 0.3 is 0 Å². The van der Waals surface area contributed by atoms with Crippen LogP contribution in [-0.2, 0) is 30.0 Å².